The lowest BCUT2D eigenvalue weighted by Crippen LogP contribution is -2.63. The van der Waals surface area contributed by atoms with Crippen LogP contribution in [0.4, 0.5) is 0 Å². The van der Waals surface area contributed by atoms with Crippen LogP contribution in [-0.2, 0) is 24.4 Å². The van der Waals surface area contributed by atoms with Crippen molar-refractivity contribution in [2.24, 2.45) is 0 Å². The van der Waals surface area contributed by atoms with Gasteiger partial charge in [-0.2, -0.15) is 0 Å². The number of hydrogen-bond donors (Lipinski definition) is 1. The summed E-state index contributed by atoms with van der Waals surface area (Å²) >= 11 is 0. The summed E-state index contributed by atoms with van der Waals surface area (Å²) in [5.74, 6) is 1.08. The van der Waals surface area contributed by atoms with Gasteiger partial charge in [0.2, 0.25) is 5.91 Å². The number of methoxy groups -OCH3 is 1. The van der Waals surface area contributed by atoms with Crippen LogP contribution in [0.3, 0.4) is 0 Å². The topological polar surface area (TPSA) is 72.8 Å². The molecule has 1 aliphatic rings. The van der Waals surface area contributed by atoms with Crippen molar-refractivity contribution in [1.82, 2.24) is 14.8 Å². The molecule has 0 bridgehead atoms. The van der Waals surface area contributed by atoms with Gasteiger partial charge in [-0.15, -0.1) is 0 Å². The predicted octanol–water partition coefficient (Wildman–Crippen LogP) is 5.17. The number of rotatable bonds is 8. The molecule has 0 aliphatic carbocycles. The SMILES string of the molecule is COc1ccccc1CNC(=O)[C@]1(C)Cn2c(cc3ccccc32)C(=O)N1Cc1ccc(OC(C)C)cc1. The van der Waals surface area contributed by atoms with Crippen molar-refractivity contribution in [3.8, 4) is 11.5 Å². The highest BCUT2D eigenvalue weighted by Gasteiger charge is 2.47. The molecule has 0 saturated heterocycles. The Morgan fingerprint density at radius 3 is 2.47 bits per heavy atom. The number of nitrogens with one attached hydrogen (secondary N) is 1. The highest BCUT2D eigenvalue weighted by Crippen LogP contribution is 2.34. The normalized spacial score (nSPS) is 17.0. The van der Waals surface area contributed by atoms with E-state index in [9.17, 15) is 9.59 Å². The second kappa shape index (κ2) is 10.2. The largest absolute Gasteiger partial charge is 0.496 e. The molecule has 7 heteroatoms. The van der Waals surface area contributed by atoms with Crippen molar-refractivity contribution >= 4 is 22.7 Å². The third-order valence-corrected chi connectivity index (χ3v) is 7.09. The molecule has 1 aromatic heterocycles. The summed E-state index contributed by atoms with van der Waals surface area (Å²) in [6, 6.07) is 25.1. The summed E-state index contributed by atoms with van der Waals surface area (Å²) in [6.07, 6.45) is 0.0710. The van der Waals surface area contributed by atoms with Crippen molar-refractivity contribution in [3.05, 3.63) is 95.7 Å². The Hall–Kier alpha value is -4.26. The number of ether oxygens (including phenoxy) is 2. The molecule has 0 saturated carbocycles. The quantitative estimate of drug-likeness (QED) is 0.354. The van der Waals surface area contributed by atoms with Gasteiger partial charge in [-0.3, -0.25) is 9.59 Å². The van der Waals surface area contributed by atoms with Crippen LogP contribution in [0, 0.1) is 0 Å². The fourth-order valence-electron chi connectivity index (χ4n) is 5.10. The van der Waals surface area contributed by atoms with Gasteiger partial charge in [0.1, 0.15) is 22.7 Å². The molecule has 0 fully saturated rings. The van der Waals surface area contributed by atoms with Gasteiger partial charge in [-0.05, 0) is 56.7 Å². The van der Waals surface area contributed by atoms with Gasteiger partial charge in [-0.1, -0.05) is 48.5 Å². The van der Waals surface area contributed by atoms with E-state index in [0.29, 0.717) is 31.1 Å². The van der Waals surface area contributed by atoms with E-state index in [4.69, 9.17) is 9.47 Å². The zero-order chi connectivity index (χ0) is 26.9. The molecule has 2 amide bonds. The zero-order valence-corrected chi connectivity index (χ0v) is 22.2. The molecular weight excluding hydrogens is 478 g/mol. The maximum Gasteiger partial charge on any atom is 0.271 e. The molecule has 4 aromatic rings. The molecule has 0 unspecified atom stereocenters. The lowest BCUT2D eigenvalue weighted by atomic mass is 9.93. The van der Waals surface area contributed by atoms with Gasteiger partial charge < -0.3 is 24.3 Å². The number of hydrogen-bond acceptors (Lipinski definition) is 4. The predicted molar refractivity (Wildman–Crippen MR) is 147 cm³/mol. The second-order valence-electron chi connectivity index (χ2n) is 10.1. The van der Waals surface area contributed by atoms with E-state index in [1.807, 2.05) is 104 Å². The average Bonchev–Trinajstić information content (AvgIpc) is 3.29. The van der Waals surface area contributed by atoms with Crippen molar-refractivity contribution in [2.75, 3.05) is 7.11 Å². The van der Waals surface area contributed by atoms with E-state index in [1.165, 1.54) is 0 Å². The lowest BCUT2D eigenvalue weighted by molar-refractivity contribution is -0.133. The summed E-state index contributed by atoms with van der Waals surface area (Å²) in [5.41, 5.74) is 2.19. The van der Waals surface area contributed by atoms with E-state index in [0.717, 1.165) is 27.8 Å². The van der Waals surface area contributed by atoms with Crippen LogP contribution >= 0.6 is 0 Å². The minimum Gasteiger partial charge on any atom is -0.496 e. The van der Waals surface area contributed by atoms with Crippen molar-refractivity contribution < 1.29 is 19.1 Å². The minimum absolute atomic E-state index is 0.0710. The minimum atomic E-state index is -1.12. The summed E-state index contributed by atoms with van der Waals surface area (Å²) in [5, 5.41) is 4.05. The Labute approximate surface area is 223 Å². The standard InChI is InChI=1S/C31H33N3O4/c1-21(2)38-25-15-13-22(14-16-25)19-34-29(35)27-17-23-9-5-7-11-26(23)33(27)20-31(34,3)30(36)32-18-24-10-6-8-12-28(24)37-4/h5-17,21H,18-20H2,1-4H3,(H,32,36)/t31-/m0/s1. The first-order valence-corrected chi connectivity index (χ1v) is 12.9. The molecule has 38 heavy (non-hydrogen) atoms. The number of amides is 2. The van der Waals surface area contributed by atoms with Crippen molar-refractivity contribution in [3.63, 3.8) is 0 Å². The van der Waals surface area contributed by atoms with E-state index in [2.05, 4.69) is 5.32 Å². The van der Waals surface area contributed by atoms with Gasteiger partial charge in [0.15, 0.2) is 0 Å². The van der Waals surface area contributed by atoms with Crippen molar-refractivity contribution in [1.29, 1.82) is 0 Å². The summed E-state index contributed by atoms with van der Waals surface area (Å²) in [7, 11) is 1.61. The van der Waals surface area contributed by atoms with Gasteiger partial charge in [0.25, 0.3) is 5.91 Å². The third-order valence-electron chi connectivity index (χ3n) is 7.09. The molecule has 1 N–H and O–H groups in total. The lowest BCUT2D eigenvalue weighted by Gasteiger charge is -2.44. The molecule has 5 rings (SSSR count). The second-order valence-corrected chi connectivity index (χ2v) is 10.1. The Morgan fingerprint density at radius 2 is 1.74 bits per heavy atom. The van der Waals surface area contributed by atoms with E-state index in [-0.39, 0.29) is 17.9 Å². The van der Waals surface area contributed by atoms with Crippen LogP contribution in [0.2, 0.25) is 0 Å². The summed E-state index contributed by atoms with van der Waals surface area (Å²) < 4.78 is 13.2. The number of carbonyl (C=O) groups excluding carboxylic acids is 2. The molecular formula is C31H33N3O4. The molecule has 1 atom stereocenters. The van der Waals surface area contributed by atoms with Crippen LogP contribution in [-0.4, -0.2) is 40.0 Å². The number of nitrogens with zero attached hydrogens (tertiary/aromatic N) is 2. The van der Waals surface area contributed by atoms with Gasteiger partial charge in [0, 0.05) is 29.6 Å². The molecule has 7 nitrogen and oxygen atoms in total. The smallest absolute Gasteiger partial charge is 0.271 e. The first-order chi connectivity index (χ1) is 18.3. The van der Waals surface area contributed by atoms with Crippen LogP contribution in [0.25, 0.3) is 10.9 Å². The number of carbonyl (C=O) groups is 2. The fraction of sp³-hybridized carbons (Fsp3) is 0.290. The van der Waals surface area contributed by atoms with Crippen molar-refractivity contribution in [2.45, 2.75) is 52.0 Å². The monoisotopic (exact) mass is 511 g/mol. The number of aromatic nitrogens is 1. The number of fused-ring (bicyclic) bond motifs is 3. The Bertz CT molecular complexity index is 1470. The van der Waals surface area contributed by atoms with E-state index < -0.39 is 5.54 Å². The van der Waals surface area contributed by atoms with Crippen LogP contribution in [0.15, 0.2) is 78.9 Å². The van der Waals surface area contributed by atoms with E-state index >= 15 is 0 Å². The molecule has 1 aliphatic heterocycles. The summed E-state index contributed by atoms with van der Waals surface area (Å²) in [6.45, 7) is 6.73. The Kier molecular flexibility index (Phi) is 6.85. The Morgan fingerprint density at radius 1 is 1.03 bits per heavy atom. The molecule has 2 heterocycles. The van der Waals surface area contributed by atoms with E-state index in [1.54, 1.807) is 12.0 Å². The fourth-order valence-corrected chi connectivity index (χ4v) is 5.10. The Balaban J connectivity index is 1.48. The van der Waals surface area contributed by atoms with Crippen LogP contribution in [0.1, 0.15) is 42.4 Å². The molecule has 3 aromatic carbocycles. The average molecular weight is 512 g/mol. The highest BCUT2D eigenvalue weighted by molar-refractivity contribution is 6.03. The van der Waals surface area contributed by atoms with Gasteiger partial charge in [-0.25, -0.2) is 0 Å². The highest BCUT2D eigenvalue weighted by atomic mass is 16.5. The molecule has 0 radical (unpaired) electrons. The number of benzene rings is 3. The van der Waals surface area contributed by atoms with Gasteiger partial charge in [0.05, 0.1) is 19.8 Å². The van der Waals surface area contributed by atoms with Gasteiger partial charge >= 0.3 is 0 Å². The summed E-state index contributed by atoms with van der Waals surface area (Å²) in [4.78, 5) is 29.6. The van der Waals surface area contributed by atoms with Crippen LogP contribution < -0.4 is 14.8 Å². The number of para-hydroxylation sites is 2. The maximum atomic E-state index is 14.0. The zero-order valence-electron chi connectivity index (χ0n) is 22.2. The first kappa shape index (κ1) is 25.4. The molecule has 196 valence electrons. The van der Waals surface area contributed by atoms with Crippen LogP contribution in [0.5, 0.6) is 11.5 Å². The third kappa shape index (κ3) is 4.72. The maximum absolute atomic E-state index is 14.0. The molecule has 0 spiro atoms. The first-order valence-electron chi connectivity index (χ1n) is 12.9.